The average Bonchev–Trinajstić information content (AvgIpc) is 3.11. The third-order valence-electron chi connectivity index (χ3n) is 3.65. The molecule has 9 heteroatoms. The fourth-order valence-electron chi connectivity index (χ4n) is 2.43. The summed E-state index contributed by atoms with van der Waals surface area (Å²) in [6, 6.07) is 9.71. The lowest BCUT2D eigenvalue weighted by atomic mass is 10.2. The van der Waals surface area contributed by atoms with E-state index in [1.165, 1.54) is 6.20 Å². The van der Waals surface area contributed by atoms with Gasteiger partial charge in [0.05, 0.1) is 12.2 Å². The van der Waals surface area contributed by atoms with Gasteiger partial charge in [0.1, 0.15) is 9.92 Å². The number of benzene rings is 1. The van der Waals surface area contributed by atoms with Gasteiger partial charge < -0.3 is 0 Å². The summed E-state index contributed by atoms with van der Waals surface area (Å²) in [5.74, 6) is 0.0984. The summed E-state index contributed by atoms with van der Waals surface area (Å²) < 4.78 is 30.8. The van der Waals surface area contributed by atoms with Crippen molar-refractivity contribution in [3.05, 3.63) is 59.0 Å². The Bertz CT molecular complexity index is 979. The van der Waals surface area contributed by atoms with E-state index in [9.17, 15) is 8.42 Å². The van der Waals surface area contributed by atoms with Crippen molar-refractivity contribution in [1.82, 2.24) is 19.6 Å². The maximum atomic E-state index is 12.6. The molecule has 0 amide bonds. The van der Waals surface area contributed by atoms with Gasteiger partial charge in [0, 0.05) is 18.9 Å². The van der Waals surface area contributed by atoms with Crippen LogP contribution in [0, 0.1) is 6.92 Å². The third-order valence-corrected chi connectivity index (χ3v) is 5.37. The molecule has 132 valence electrons. The van der Waals surface area contributed by atoms with Gasteiger partial charge in [-0.3, -0.25) is 14.1 Å². The van der Waals surface area contributed by atoms with Crippen LogP contribution in [0.25, 0.3) is 0 Å². The molecule has 2 aromatic heterocycles. The van der Waals surface area contributed by atoms with Gasteiger partial charge >= 0.3 is 0 Å². The number of hydrogen-bond donors (Lipinski definition) is 1. The minimum absolute atomic E-state index is 0.0984. The molecular formula is C16H18ClN5O2S. The number of nitrogens with zero attached hydrogens (tertiary/aromatic N) is 4. The van der Waals surface area contributed by atoms with Crippen molar-refractivity contribution in [3.63, 3.8) is 0 Å². The molecular weight excluding hydrogens is 362 g/mol. The van der Waals surface area contributed by atoms with E-state index in [4.69, 9.17) is 11.6 Å². The van der Waals surface area contributed by atoms with Gasteiger partial charge in [0.2, 0.25) is 0 Å². The van der Waals surface area contributed by atoms with Crippen LogP contribution in [0.4, 0.5) is 5.82 Å². The van der Waals surface area contributed by atoms with Crippen molar-refractivity contribution >= 4 is 27.4 Å². The molecule has 0 radical (unpaired) electrons. The van der Waals surface area contributed by atoms with E-state index in [-0.39, 0.29) is 15.7 Å². The summed E-state index contributed by atoms with van der Waals surface area (Å²) in [7, 11) is -3.81. The first kappa shape index (κ1) is 17.5. The van der Waals surface area contributed by atoms with Crippen LogP contribution in [0.3, 0.4) is 0 Å². The first-order valence-corrected chi connectivity index (χ1v) is 9.59. The van der Waals surface area contributed by atoms with Gasteiger partial charge in [-0.25, -0.2) is 8.42 Å². The molecule has 0 aliphatic carbocycles. The van der Waals surface area contributed by atoms with Crippen molar-refractivity contribution in [2.45, 2.75) is 31.8 Å². The number of nitrogens with one attached hydrogen (secondary N) is 1. The summed E-state index contributed by atoms with van der Waals surface area (Å²) in [4.78, 5) is 0.114. The van der Waals surface area contributed by atoms with Crippen molar-refractivity contribution in [2.24, 2.45) is 0 Å². The average molecular weight is 380 g/mol. The molecule has 0 aliphatic heterocycles. The van der Waals surface area contributed by atoms with Gasteiger partial charge in [-0.05, 0) is 19.4 Å². The summed E-state index contributed by atoms with van der Waals surface area (Å²) in [6.45, 7) is 4.62. The van der Waals surface area contributed by atoms with Gasteiger partial charge in [-0.2, -0.15) is 10.2 Å². The molecule has 3 aromatic rings. The van der Waals surface area contributed by atoms with Gasteiger partial charge in [0.25, 0.3) is 10.0 Å². The number of aryl methyl sites for hydroxylation is 2. The van der Waals surface area contributed by atoms with Crippen molar-refractivity contribution < 1.29 is 8.42 Å². The number of hydrogen-bond acceptors (Lipinski definition) is 4. The SMILES string of the molecule is CCn1cc(S(=O)(=O)Nc2nn(Cc3ccccc3)cc2Cl)c(C)n1. The lowest BCUT2D eigenvalue weighted by Gasteiger charge is -2.05. The van der Waals surface area contributed by atoms with Crippen LogP contribution in [0.5, 0.6) is 0 Å². The number of rotatable bonds is 6. The second-order valence-corrected chi connectivity index (χ2v) is 7.61. The Morgan fingerprint density at radius 3 is 2.48 bits per heavy atom. The van der Waals surface area contributed by atoms with Crippen LogP contribution in [0.15, 0.2) is 47.6 Å². The van der Waals surface area contributed by atoms with Crippen LogP contribution in [-0.2, 0) is 23.1 Å². The van der Waals surface area contributed by atoms with Crippen LogP contribution >= 0.6 is 11.6 Å². The largest absolute Gasteiger partial charge is 0.271 e. The minimum atomic E-state index is -3.81. The first-order chi connectivity index (χ1) is 11.9. The maximum Gasteiger partial charge on any atom is 0.266 e. The van der Waals surface area contributed by atoms with Crippen LogP contribution < -0.4 is 4.72 Å². The molecule has 0 spiro atoms. The smallest absolute Gasteiger partial charge is 0.266 e. The maximum absolute atomic E-state index is 12.6. The fraction of sp³-hybridized carbons (Fsp3) is 0.250. The Morgan fingerprint density at radius 2 is 1.84 bits per heavy atom. The van der Waals surface area contributed by atoms with E-state index in [1.54, 1.807) is 22.5 Å². The zero-order valence-corrected chi connectivity index (χ0v) is 15.4. The second-order valence-electron chi connectivity index (χ2n) is 5.55. The molecule has 3 rings (SSSR count). The summed E-state index contributed by atoms with van der Waals surface area (Å²) in [5, 5.41) is 8.64. The lowest BCUT2D eigenvalue weighted by Crippen LogP contribution is -2.14. The topological polar surface area (TPSA) is 81.8 Å². The zero-order valence-electron chi connectivity index (χ0n) is 13.8. The molecule has 7 nitrogen and oxygen atoms in total. The Labute approximate surface area is 151 Å². The molecule has 0 saturated heterocycles. The second kappa shape index (κ2) is 6.89. The van der Waals surface area contributed by atoms with E-state index in [1.807, 2.05) is 37.3 Å². The van der Waals surface area contributed by atoms with E-state index in [2.05, 4.69) is 14.9 Å². The van der Waals surface area contributed by atoms with Crippen LogP contribution in [0.1, 0.15) is 18.2 Å². The lowest BCUT2D eigenvalue weighted by molar-refractivity contribution is 0.599. The monoisotopic (exact) mass is 379 g/mol. The van der Waals surface area contributed by atoms with Crippen molar-refractivity contribution in [1.29, 1.82) is 0 Å². The summed E-state index contributed by atoms with van der Waals surface area (Å²) in [5.41, 5.74) is 1.46. The molecule has 25 heavy (non-hydrogen) atoms. The fourth-order valence-corrected chi connectivity index (χ4v) is 3.88. The first-order valence-electron chi connectivity index (χ1n) is 7.73. The van der Waals surface area contributed by atoms with Crippen LogP contribution in [-0.4, -0.2) is 28.0 Å². The Kier molecular flexibility index (Phi) is 4.82. The molecule has 0 saturated carbocycles. The quantitative estimate of drug-likeness (QED) is 0.713. The number of halogens is 1. The number of aromatic nitrogens is 4. The van der Waals surface area contributed by atoms with E-state index >= 15 is 0 Å². The highest BCUT2D eigenvalue weighted by atomic mass is 35.5. The van der Waals surface area contributed by atoms with Gasteiger partial charge in [0.15, 0.2) is 5.82 Å². The molecule has 2 heterocycles. The molecule has 0 fully saturated rings. The van der Waals surface area contributed by atoms with Crippen LogP contribution in [0.2, 0.25) is 5.02 Å². The summed E-state index contributed by atoms with van der Waals surface area (Å²) >= 11 is 6.15. The molecule has 0 unspecified atom stereocenters. The number of sulfonamides is 1. The zero-order chi connectivity index (χ0) is 18.0. The Morgan fingerprint density at radius 1 is 1.12 bits per heavy atom. The molecule has 0 bridgehead atoms. The van der Waals surface area contributed by atoms with Crippen molar-refractivity contribution in [2.75, 3.05) is 4.72 Å². The normalized spacial score (nSPS) is 11.6. The van der Waals surface area contributed by atoms with E-state index in [0.717, 1.165) is 5.56 Å². The molecule has 1 aromatic carbocycles. The molecule has 0 aliphatic rings. The number of anilines is 1. The highest BCUT2D eigenvalue weighted by Gasteiger charge is 2.23. The molecule has 1 N–H and O–H groups in total. The predicted molar refractivity (Wildman–Crippen MR) is 96.2 cm³/mol. The Balaban J connectivity index is 1.84. The van der Waals surface area contributed by atoms with E-state index in [0.29, 0.717) is 18.8 Å². The molecule has 0 atom stereocenters. The third kappa shape index (κ3) is 3.85. The Hall–Kier alpha value is -2.32. The highest BCUT2D eigenvalue weighted by molar-refractivity contribution is 7.92. The standard InChI is InChI=1S/C16H18ClN5O2S/c1-3-21-11-15(12(2)18-21)25(23,24)20-16-14(17)10-22(19-16)9-13-7-5-4-6-8-13/h4-8,10-11H,3,9H2,1-2H3,(H,19,20). The highest BCUT2D eigenvalue weighted by Crippen LogP contribution is 2.24. The van der Waals surface area contributed by atoms with Crippen molar-refractivity contribution in [3.8, 4) is 0 Å². The van der Waals surface area contributed by atoms with Gasteiger partial charge in [-0.1, -0.05) is 41.9 Å². The van der Waals surface area contributed by atoms with Gasteiger partial charge in [-0.15, -0.1) is 0 Å². The van der Waals surface area contributed by atoms with E-state index < -0.39 is 10.0 Å². The summed E-state index contributed by atoms with van der Waals surface area (Å²) in [6.07, 6.45) is 3.08. The predicted octanol–water partition coefficient (Wildman–Crippen LogP) is 2.91. The minimum Gasteiger partial charge on any atom is -0.271 e.